The molecule has 0 bridgehead atoms. The average molecular weight is 205 g/mol. The molecule has 14 heavy (non-hydrogen) atoms. The number of hydrogen-bond donors (Lipinski definition) is 0. The summed E-state index contributed by atoms with van der Waals surface area (Å²) in [6, 6.07) is 5.49. The Hall–Kier alpha value is -1.35. The maximum Gasteiger partial charge on any atom is 0.218 e. The van der Waals surface area contributed by atoms with Crippen LogP contribution in [0.15, 0.2) is 53.7 Å². The van der Waals surface area contributed by atoms with Gasteiger partial charge in [0.1, 0.15) is 5.03 Å². The van der Waals surface area contributed by atoms with E-state index < -0.39 is 0 Å². The lowest BCUT2D eigenvalue weighted by Crippen LogP contribution is -1.85. The number of pyridine rings is 1. The molecule has 0 amide bonds. The van der Waals surface area contributed by atoms with Crippen molar-refractivity contribution in [3.05, 3.63) is 48.7 Å². The molecule has 0 saturated carbocycles. The lowest BCUT2D eigenvalue weighted by Gasteiger charge is -1.93. The fourth-order valence-electron chi connectivity index (χ4n) is 0.790. The summed E-state index contributed by atoms with van der Waals surface area (Å²) >= 11 is 1.12. The van der Waals surface area contributed by atoms with E-state index in [1.165, 1.54) is 6.08 Å². The number of rotatable bonds is 3. The van der Waals surface area contributed by atoms with Crippen LogP contribution in [0.25, 0.3) is 0 Å². The van der Waals surface area contributed by atoms with Gasteiger partial charge in [-0.05, 0) is 36.9 Å². The number of carbonyl (C=O) groups is 1. The van der Waals surface area contributed by atoms with Gasteiger partial charge in [-0.25, -0.2) is 4.98 Å². The van der Waals surface area contributed by atoms with E-state index in [2.05, 4.69) is 4.98 Å². The van der Waals surface area contributed by atoms with Crippen molar-refractivity contribution in [2.75, 3.05) is 0 Å². The van der Waals surface area contributed by atoms with E-state index in [1.54, 1.807) is 12.3 Å². The van der Waals surface area contributed by atoms with Gasteiger partial charge in [0.15, 0.2) is 0 Å². The van der Waals surface area contributed by atoms with Crippen LogP contribution in [0.1, 0.15) is 6.92 Å². The second-order valence-electron chi connectivity index (χ2n) is 2.47. The molecule has 0 aliphatic rings. The van der Waals surface area contributed by atoms with Crippen LogP contribution < -0.4 is 0 Å². The summed E-state index contributed by atoms with van der Waals surface area (Å²) in [5, 5.41) is 0.712. The van der Waals surface area contributed by atoms with Gasteiger partial charge in [0, 0.05) is 6.20 Å². The Labute approximate surface area is 87.7 Å². The van der Waals surface area contributed by atoms with Crippen molar-refractivity contribution in [1.82, 2.24) is 4.98 Å². The van der Waals surface area contributed by atoms with E-state index >= 15 is 0 Å². The summed E-state index contributed by atoms with van der Waals surface area (Å²) in [7, 11) is 0. The fourth-order valence-corrected chi connectivity index (χ4v) is 1.40. The molecule has 3 heteroatoms. The predicted octanol–water partition coefficient (Wildman–Crippen LogP) is 2.83. The molecule has 0 aliphatic carbocycles. The number of carbonyl (C=O) groups excluding carboxylic acids is 1. The van der Waals surface area contributed by atoms with Crippen molar-refractivity contribution < 1.29 is 4.79 Å². The predicted molar refractivity (Wildman–Crippen MR) is 59.1 cm³/mol. The van der Waals surface area contributed by atoms with Gasteiger partial charge < -0.3 is 0 Å². The molecular weight excluding hydrogens is 194 g/mol. The van der Waals surface area contributed by atoms with Gasteiger partial charge in [0.25, 0.3) is 0 Å². The highest BCUT2D eigenvalue weighted by atomic mass is 32.2. The Kier molecular flexibility index (Phi) is 4.72. The van der Waals surface area contributed by atoms with Crippen molar-refractivity contribution in [2.24, 2.45) is 0 Å². The third kappa shape index (κ3) is 4.05. The first-order valence-electron chi connectivity index (χ1n) is 4.25. The molecule has 0 spiro atoms. The molecule has 0 radical (unpaired) electrons. The van der Waals surface area contributed by atoms with Crippen LogP contribution in [0, 0.1) is 0 Å². The van der Waals surface area contributed by atoms with Crippen molar-refractivity contribution in [3.63, 3.8) is 0 Å². The van der Waals surface area contributed by atoms with E-state index in [-0.39, 0.29) is 5.12 Å². The first-order valence-corrected chi connectivity index (χ1v) is 5.07. The maximum atomic E-state index is 11.3. The van der Waals surface area contributed by atoms with Gasteiger partial charge in [-0.2, -0.15) is 0 Å². The molecule has 0 unspecified atom stereocenters. The normalized spacial score (nSPS) is 11.2. The largest absolute Gasteiger partial charge is 0.282 e. The zero-order valence-electron chi connectivity index (χ0n) is 7.88. The van der Waals surface area contributed by atoms with Gasteiger partial charge >= 0.3 is 0 Å². The monoisotopic (exact) mass is 205 g/mol. The van der Waals surface area contributed by atoms with Crippen LogP contribution in [-0.2, 0) is 4.79 Å². The van der Waals surface area contributed by atoms with Crippen molar-refractivity contribution in [1.29, 1.82) is 0 Å². The standard InChI is InChI=1S/C11H11NOS/c1-2-3-4-8-11(13)14-10-7-5-6-9-12-10/h2-9H,1H3. The molecule has 0 aromatic carbocycles. The minimum absolute atomic E-state index is 0.0122. The van der Waals surface area contributed by atoms with Crippen LogP contribution in [0.4, 0.5) is 0 Å². The molecule has 1 rings (SSSR count). The van der Waals surface area contributed by atoms with Crippen LogP contribution in [0.2, 0.25) is 0 Å². The topological polar surface area (TPSA) is 30.0 Å². The minimum atomic E-state index is -0.0122. The quantitative estimate of drug-likeness (QED) is 0.432. The van der Waals surface area contributed by atoms with Gasteiger partial charge in [0.05, 0.1) is 0 Å². The summed E-state index contributed by atoms with van der Waals surface area (Å²) in [4.78, 5) is 15.3. The molecule has 1 aromatic heterocycles. The Morgan fingerprint density at radius 3 is 2.93 bits per heavy atom. The molecule has 2 nitrogen and oxygen atoms in total. The van der Waals surface area contributed by atoms with E-state index in [0.717, 1.165) is 16.8 Å². The number of aromatic nitrogens is 1. The Balaban J connectivity index is 2.50. The highest BCUT2D eigenvalue weighted by Crippen LogP contribution is 2.15. The fraction of sp³-hybridized carbons (Fsp3) is 0.0909. The highest BCUT2D eigenvalue weighted by molar-refractivity contribution is 8.14. The molecule has 0 fully saturated rings. The lowest BCUT2D eigenvalue weighted by atomic mass is 10.4. The van der Waals surface area contributed by atoms with Crippen LogP contribution in [0.3, 0.4) is 0 Å². The Morgan fingerprint density at radius 1 is 1.43 bits per heavy atom. The van der Waals surface area contributed by atoms with Crippen LogP contribution >= 0.6 is 11.8 Å². The third-order valence-electron chi connectivity index (χ3n) is 1.38. The molecular formula is C11H11NOS. The Bertz CT molecular complexity index is 344. The summed E-state index contributed by atoms with van der Waals surface area (Å²) < 4.78 is 0. The molecule has 0 N–H and O–H groups in total. The maximum absolute atomic E-state index is 11.3. The van der Waals surface area contributed by atoms with E-state index in [4.69, 9.17) is 0 Å². The van der Waals surface area contributed by atoms with Gasteiger partial charge in [-0.3, -0.25) is 4.79 Å². The SMILES string of the molecule is CC=CC=CC(=O)Sc1ccccn1. The van der Waals surface area contributed by atoms with E-state index in [0.29, 0.717) is 0 Å². The number of nitrogens with zero attached hydrogens (tertiary/aromatic N) is 1. The van der Waals surface area contributed by atoms with Crippen LogP contribution in [-0.4, -0.2) is 10.1 Å². The minimum Gasteiger partial charge on any atom is -0.282 e. The first kappa shape index (κ1) is 10.7. The van der Waals surface area contributed by atoms with Crippen molar-refractivity contribution >= 4 is 16.9 Å². The zero-order chi connectivity index (χ0) is 10.2. The summed E-state index contributed by atoms with van der Waals surface area (Å²) in [5.41, 5.74) is 0. The van der Waals surface area contributed by atoms with Gasteiger partial charge in [0.2, 0.25) is 5.12 Å². The molecule has 1 heterocycles. The summed E-state index contributed by atoms with van der Waals surface area (Å²) in [6.07, 6.45) is 8.61. The molecule has 0 saturated heterocycles. The smallest absolute Gasteiger partial charge is 0.218 e. The van der Waals surface area contributed by atoms with Gasteiger partial charge in [-0.15, -0.1) is 0 Å². The molecule has 1 aromatic rings. The first-order chi connectivity index (χ1) is 6.83. The summed E-state index contributed by atoms with van der Waals surface area (Å²) in [6.45, 7) is 1.90. The lowest BCUT2D eigenvalue weighted by molar-refractivity contribution is -0.107. The highest BCUT2D eigenvalue weighted by Gasteiger charge is 1.99. The van der Waals surface area contributed by atoms with Crippen molar-refractivity contribution in [2.45, 2.75) is 11.9 Å². The average Bonchev–Trinajstić information content (AvgIpc) is 2.20. The third-order valence-corrected chi connectivity index (χ3v) is 2.17. The second-order valence-corrected chi connectivity index (χ2v) is 3.50. The zero-order valence-corrected chi connectivity index (χ0v) is 8.70. The molecule has 0 atom stereocenters. The second kappa shape index (κ2) is 6.16. The Morgan fingerprint density at radius 2 is 2.29 bits per heavy atom. The molecule has 0 aliphatic heterocycles. The number of hydrogen-bond acceptors (Lipinski definition) is 3. The van der Waals surface area contributed by atoms with E-state index in [1.807, 2.05) is 37.3 Å². The number of allylic oxidation sites excluding steroid dienone is 3. The van der Waals surface area contributed by atoms with Gasteiger partial charge in [-0.1, -0.05) is 24.3 Å². The number of thioether (sulfide) groups is 1. The van der Waals surface area contributed by atoms with E-state index in [9.17, 15) is 4.79 Å². The van der Waals surface area contributed by atoms with Crippen molar-refractivity contribution in [3.8, 4) is 0 Å². The molecule has 72 valence electrons. The summed E-state index contributed by atoms with van der Waals surface area (Å²) in [5.74, 6) is 0. The van der Waals surface area contributed by atoms with Crippen LogP contribution in [0.5, 0.6) is 0 Å².